The Bertz CT molecular complexity index is 753. The van der Waals surface area contributed by atoms with E-state index in [4.69, 9.17) is 0 Å². The maximum absolute atomic E-state index is 12.0. The molecule has 2 aromatic rings. The van der Waals surface area contributed by atoms with Gasteiger partial charge in [0.15, 0.2) is 0 Å². The molecule has 3 rings (SSSR count). The van der Waals surface area contributed by atoms with Gasteiger partial charge >= 0.3 is 5.97 Å². The van der Waals surface area contributed by atoms with Crippen LogP contribution in [0, 0.1) is 6.92 Å². The van der Waals surface area contributed by atoms with E-state index < -0.39 is 12.0 Å². The Labute approximate surface area is 149 Å². The SMILES string of the molecule is Cc1ccc(CCC(C(=O)O)N2CC(C)(C)Nc3ccccc32)cc1. The number of rotatable bonds is 5. The van der Waals surface area contributed by atoms with Crippen LogP contribution in [0.1, 0.15) is 31.4 Å². The predicted octanol–water partition coefficient (Wildman–Crippen LogP) is 4.09. The third-order valence-electron chi connectivity index (χ3n) is 4.74. The minimum absolute atomic E-state index is 0.175. The van der Waals surface area contributed by atoms with Crippen LogP contribution in [0.4, 0.5) is 11.4 Å². The first-order valence-corrected chi connectivity index (χ1v) is 8.78. The molecule has 0 fully saturated rings. The summed E-state index contributed by atoms with van der Waals surface area (Å²) >= 11 is 0. The van der Waals surface area contributed by atoms with Crippen molar-refractivity contribution >= 4 is 17.3 Å². The van der Waals surface area contributed by atoms with Crippen molar-refractivity contribution in [1.82, 2.24) is 0 Å². The third-order valence-corrected chi connectivity index (χ3v) is 4.74. The third kappa shape index (κ3) is 3.95. The Morgan fingerprint density at radius 3 is 2.56 bits per heavy atom. The maximum Gasteiger partial charge on any atom is 0.326 e. The summed E-state index contributed by atoms with van der Waals surface area (Å²) in [4.78, 5) is 14.1. The summed E-state index contributed by atoms with van der Waals surface area (Å²) in [6, 6.07) is 15.7. The molecule has 1 atom stereocenters. The first-order chi connectivity index (χ1) is 11.9. The molecule has 0 amide bonds. The van der Waals surface area contributed by atoms with Crippen LogP contribution in [0.5, 0.6) is 0 Å². The minimum Gasteiger partial charge on any atom is -0.480 e. The molecule has 0 spiro atoms. The topological polar surface area (TPSA) is 52.6 Å². The highest BCUT2D eigenvalue weighted by atomic mass is 16.4. The monoisotopic (exact) mass is 338 g/mol. The standard InChI is InChI=1S/C21H26N2O2/c1-15-8-10-16(11-9-15)12-13-19(20(24)25)23-14-21(2,3)22-17-6-4-5-7-18(17)23/h4-11,19,22H,12-14H2,1-3H3,(H,24,25). The number of carboxylic acids is 1. The van der Waals surface area contributed by atoms with Crippen molar-refractivity contribution < 1.29 is 9.90 Å². The molecule has 0 saturated heterocycles. The van der Waals surface area contributed by atoms with Gasteiger partial charge in [-0.15, -0.1) is 0 Å². The molecule has 1 aliphatic rings. The van der Waals surface area contributed by atoms with Crippen LogP contribution < -0.4 is 10.2 Å². The quantitative estimate of drug-likeness (QED) is 0.862. The lowest BCUT2D eigenvalue weighted by atomic mass is 9.95. The molecule has 25 heavy (non-hydrogen) atoms. The van der Waals surface area contributed by atoms with Gasteiger partial charge in [-0.25, -0.2) is 4.79 Å². The Morgan fingerprint density at radius 1 is 1.20 bits per heavy atom. The van der Waals surface area contributed by atoms with Gasteiger partial charge in [0.1, 0.15) is 6.04 Å². The van der Waals surface area contributed by atoms with Crippen molar-refractivity contribution in [3.05, 3.63) is 59.7 Å². The molecule has 1 aliphatic heterocycles. The van der Waals surface area contributed by atoms with Crippen LogP contribution in [0.15, 0.2) is 48.5 Å². The van der Waals surface area contributed by atoms with E-state index in [0.29, 0.717) is 13.0 Å². The van der Waals surface area contributed by atoms with Crippen LogP contribution in [0.3, 0.4) is 0 Å². The lowest BCUT2D eigenvalue weighted by Crippen LogP contribution is -2.54. The zero-order valence-corrected chi connectivity index (χ0v) is 15.1. The average Bonchev–Trinajstić information content (AvgIpc) is 2.55. The van der Waals surface area contributed by atoms with Crippen LogP contribution >= 0.6 is 0 Å². The van der Waals surface area contributed by atoms with Crippen LogP contribution in [0.25, 0.3) is 0 Å². The van der Waals surface area contributed by atoms with Crippen molar-refractivity contribution in [2.24, 2.45) is 0 Å². The second-order valence-electron chi connectivity index (χ2n) is 7.53. The molecule has 1 unspecified atom stereocenters. The first-order valence-electron chi connectivity index (χ1n) is 8.78. The Balaban J connectivity index is 1.84. The fourth-order valence-corrected chi connectivity index (χ4v) is 3.49. The molecule has 132 valence electrons. The largest absolute Gasteiger partial charge is 0.480 e. The first kappa shape index (κ1) is 17.3. The summed E-state index contributed by atoms with van der Waals surface area (Å²) in [5, 5.41) is 13.4. The van der Waals surface area contributed by atoms with E-state index in [0.717, 1.165) is 17.8 Å². The molecular formula is C21H26N2O2. The number of hydrogen-bond donors (Lipinski definition) is 2. The van der Waals surface area contributed by atoms with Gasteiger partial charge in [0, 0.05) is 12.1 Å². The summed E-state index contributed by atoms with van der Waals surface area (Å²) in [7, 11) is 0. The number of aliphatic carboxylic acids is 1. The van der Waals surface area contributed by atoms with Gasteiger partial charge in [0.2, 0.25) is 0 Å². The van der Waals surface area contributed by atoms with E-state index in [9.17, 15) is 9.90 Å². The zero-order chi connectivity index (χ0) is 18.0. The number of anilines is 2. The number of para-hydroxylation sites is 2. The van der Waals surface area contributed by atoms with Crippen LogP contribution in [-0.2, 0) is 11.2 Å². The number of hydrogen-bond acceptors (Lipinski definition) is 3. The fourth-order valence-electron chi connectivity index (χ4n) is 3.49. The van der Waals surface area contributed by atoms with Crippen molar-refractivity contribution in [3.8, 4) is 0 Å². The number of carboxylic acid groups (broad SMARTS) is 1. The number of fused-ring (bicyclic) bond motifs is 1. The minimum atomic E-state index is -0.764. The molecule has 0 saturated carbocycles. The Hall–Kier alpha value is -2.49. The van der Waals surface area contributed by atoms with E-state index in [1.54, 1.807) is 0 Å². The molecule has 4 heteroatoms. The number of carbonyl (C=O) groups is 1. The average molecular weight is 338 g/mol. The van der Waals surface area contributed by atoms with Crippen molar-refractivity contribution in [1.29, 1.82) is 0 Å². The highest BCUT2D eigenvalue weighted by Gasteiger charge is 2.35. The molecule has 0 radical (unpaired) electrons. The number of nitrogens with zero attached hydrogens (tertiary/aromatic N) is 1. The van der Waals surface area contributed by atoms with Gasteiger partial charge in [-0.3, -0.25) is 0 Å². The summed E-state index contributed by atoms with van der Waals surface area (Å²) in [5.41, 5.74) is 4.20. The van der Waals surface area contributed by atoms with Crippen LogP contribution in [-0.4, -0.2) is 29.2 Å². The highest BCUT2D eigenvalue weighted by Crippen LogP contribution is 2.36. The molecular weight excluding hydrogens is 312 g/mol. The van der Waals surface area contributed by atoms with Crippen molar-refractivity contribution in [3.63, 3.8) is 0 Å². The van der Waals surface area contributed by atoms with Gasteiger partial charge in [-0.2, -0.15) is 0 Å². The van der Waals surface area contributed by atoms with Crippen molar-refractivity contribution in [2.45, 2.75) is 45.2 Å². The second kappa shape index (κ2) is 6.79. The highest BCUT2D eigenvalue weighted by molar-refractivity contribution is 5.83. The second-order valence-corrected chi connectivity index (χ2v) is 7.53. The van der Waals surface area contributed by atoms with E-state index in [2.05, 4.69) is 50.4 Å². The summed E-state index contributed by atoms with van der Waals surface area (Å²) < 4.78 is 0. The predicted molar refractivity (Wildman–Crippen MR) is 102 cm³/mol. The number of aryl methyl sites for hydroxylation is 2. The molecule has 0 bridgehead atoms. The Morgan fingerprint density at radius 2 is 1.88 bits per heavy atom. The van der Waals surface area contributed by atoms with Crippen LogP contribution in [0.2, 0.25) is 0 Å². The van der Waals surface area contributed by atoms with Gasteiger partial charge in [0.25, 0.3) is 0 Å². The Kier molecular flexibility index (Phi) is 4.71. The van der Waals surface area contributed by atoms with Crippen molar-refractivity contribution in [2.75, 3.05) is 16.8 Å². The molecule has 2 aromatic carbocycles. The summed E-state index contributed by atoms with van der Waals surface area (Å²) in [6.07, 6.45) is 1.34. The van der Waals surface area contributed by atoms with Gasteiger partial charge in [-0.05, 0) is 51.3 Å². The van der Waals surface area contributed by atoms with E-state index in [-0.39, 0.29) is 5.54 Å². The van der Waals surface area contributed by atoms with E-state index >= 15 is 0 Å². The smallest absolute Gasteiger partial charge is 0.326 e. The molecule has 1 heterocycles. The molecule has 0 aliphatic carbocycles. The van der Waals surface area contributed by atoms with E-state index in [1.807, 2.05) is 29.2 Å². The number of nitrogens with one attached hydrogen (secondary N) is 1. The molecule has 4 nitrogen and oxygen atoms in total. The van der Waals surface area contributed by atoms with Gasteiger partial charge in [-0.1, -0.05) is 42.0 Å². The number of benzene rings is 2. The molecule has 0 aromatic heterocycles. The zero-order valence-electron chi connectivity index (χ0n) is 15.1. The van der Waals surface area contributed by atoms with E-state index in [1.165, 1.54) is 11.1 Å². The maximum atomic E-state index is 12.0. The van der Waals surface area contributed by atoms with Gasteiger partial charge < -0.3 is 15.3 Å². The lowest BCUT2D eigenvalue weighted by Gasteiger charge is -2.44. The normalized spacial score (nSPS) is 16.7. The summed E-state index contributed by atoms with van der Waals surface area (Å²) in [5.74, 6) is -0.764. The van der Waals surface area contributed by atoms with Gasteiger partial charge in [0.05, 0.1) is 11.4 Å². The summed E-state index contributed by atoms with van der Waals surface area (Å²) in [6.45, 7) is 6.93. The lowest BCUT2D eigenvalue weighted by molar-refractivity contribution is -0.138. The fraction of sp³-hybridized carbons (Fsp3) is 0.381. The molecule has 2 N–H and O–H groups in total.